The Kier molecular flexibility index (Phi) is 3.38. The largest absolute Gasteiger partial charge is 0.338 e. The van der Waals surface area contributed by atoms with E-state index in [9.17, 15) is 13.6 Å². The summed E-state index contributed by atoms with van der Waals surface area (Å²) < 4.78 is 26.8. The van der Waals surface area contributed by atoms with Gasteiger partial charge in [0.25, 0.3) is 5.91 Å². The van der Waals surface area contributed by atoms with Crippen LogP contribution in [-0.2, 0) is 0 Å². The first-order chi connectivity index (χ1) is 8.13. The first-order valence-electron chi connectivity index (χ1n) is 5.57. The maximum absolute atomic E-state index is 13.4. The van der Waals surface area contributed by atoms with Crippen LogP contribution in [0.25, 0.3) is 0 Å². The van der Waals surface area contributed by atoms with Gasteiger partial charge in [-0.3, -0.25) is 4.79 Å². The zero-order chi connectivity index (χ0) is 12.4. The minimum atomic E-state index is -0.814. The van der Waals surface area contributed by atoms with Crippen LogP contribution >= 0.6 is 0 Å². The average molecular weight is 240 g/mol. The van der Waals surface area contributed by atoms with Crippen molar-refractivity contribution in [3.05, 3.63) is 35.4 Å². The van der Waals surface area contributed by atoms with E-state index in [0.717, 1.165) is 18.6 Å². The van der Waals surface area contributed by atoms with Crippen LogP contribution in [0, 0.1) is 17.6 Å². The molecule has 1 aliphatic heterocycles. The molecule has 0 aromatic heterocycles. The van der Waals surface area contributed by atoms with Gasteiger partial charge in [-0.25, -0.2) is 8.78 Å². The third kappa shape index (κ3) is 2.29. The van der Waals surface area contributed by atoms with Gasteiger partial charge in [0.15, 0.2) is 0 Å². The lowest BCUT2D eigenvalue weighted by Crippen LogP contribution is -2.31. The standard InChI is InChI=1S/C12H14F2N2O/c13-9-2-1-3-10(14)11(9)12(17)16-5-4-8(6-15)7-16/h1-3,8H,4-7,15H2/t8-/m1/s1. The average Bonchev–Trinajstić information content (AvgIpc) is 2.77. The summed E-state index contributed by atoms with van der Waals surface area (Å²) >= 11 is 0. The fraction of sp³-hybridized carbons (Fsp3) is 0.417. The predicted octanol–water partition coefficient (Wildman–Crippen LogP) is 1.39. The van der Waals surface area contributed by atoms with Crippen LogP contribution in [0.1, 0.15) is 16.8 Å². The number of nitrogens with two attached hydrogens (primary N) is 1. The number of likely N-dealkylation sites (tertiary alicyclic amines) is 1. The molecule has 2 rings (SSSR count). The molecule has 92 valence electrons. The van der Waals surface area contributed by atoms with Gasteiger partial charge < -0.3 is 10.6 Å². The second-order valence-electron chi connectivity index (χ2n) is 4.24. The molecule has 1 saturated heterocycles. The maximum atomic E-state index is 13.4. The van der Waals surface area contributed by atoms with Crippen molar-refractivity contribution in [3.8, 4) is 0 Å². The lowest BCUT2D eigenvalue weighted by Gasteiger charge is -2.17. The Bertz CT molecular complexity index is 416. The summed E-state index contributed by atoms with van der Waals surface area (Å²) in [6, 6.07) is 3.42. The van der Waals surface area contributed by atoms with E-state index in [0.29, 0.717) is 19.6 Å². The Hall–Kier alpha value is -1.49. The van der Waals surface area contributed by atoms with Crippen LogP contribution in [0.4, 0.5) is 8.78 Å². The zero-order valence-electron chi connectivity index (χ0n) is 9.33. The number of halogens is 2. The van der Waals surface area contributed by atoms with Crippen molar-refractivity contribution < 1.29 is 13.6 Å². The zero-order valence-corrected chi connectivity index (χ0v) is 9.33. The SMILES string of the molecule is NC[C@H]1CCN(C(=O)c2c(F)cccc2F)C1. The van der Waals surface area contributed by atoms with E-state index in [2.05, 4.69) is 0 Å². The van der Waals surface area contributed by atoms with Gasteiger partial charge >= 0.3 is 0 Å². The van der Waals surface area contributed by atoms with Crippen molar-refractivity contribution in [2.45, 2.75) is 6.42 Å². The molecule has 1 aliphatic rings. The summed E-state index contributed by atoms with van der Waals surface area (Å²) in [7, 11) is 0. The van der Waals surface area contributed by atoms with Gasteiger partial charge in [0.05, 0.1) is 0 Å². The molecular formula is C12H14F2N2O. The van der Waals surface area contributed by atoms with Crippen molar-refractivity contribution in [3.63, 3.8) is 0 Å². The van der Waals surface area contributed by atoms with Gasteiger partial charge in [0.1, 0.15) is 17.2 Å². The molecule has 1 fully saturated rings. The number of hydrogen-bond donors (Lipinski definition) is 1. The number of rotatable bonds is 2. The summed E-state index contributed by atoms with van der Waals surface area (Å²) in [4.78, 5) is 13.4. The molecule has 17 heavy (non-hydrogen) atoms. The van der Waals surface area contributed by atoms with Crippen LogP contribution < -0.4 is 5.73 Å². The van der Waals surface area contributed by atoms with Crippen LogP contribution in [-0.4, -0.2) is 30.4 Å². The summed E-state index contributed by atoms with van der Waals surface area (Å²) in [6.45, 7) is 1.47. The van der Waals surface area contributed by atoms with Crippen molar-refractivity contribution in [2.24, 2.45) is 11.7 Å². The molecule has 0 bridgehead atoms. The molecular weight excluding hydrogens is 226 g/mol. The summed E-state index contributed by atoms with van der Waals surface area (Å²) in [5.41, 5.74) is 5.04. The Balaban J connectivity index is 2.21. The van der Waals surface area contributed by atoms with Crippen molar-refractivity contribution in [2.75, 3.05) is 19.6 Å². The first-order valence-corrected chi connectivity index (χ1v) is 5.57. The molecule has 0 saturated carbocycles. The summed E-state index contributed by atoms with van der Waals surface area (Å²) in [5.74, 6) is -1.98. The van der Waals surface area contributed by atoms with Gasteiger partial charge in [0.2, 0.25) is 0 Å². The van der Waals surface area contributed by atoms with Crippen LogP contribution in [0.15, 0.2) is 18.2 Å². The van der Waals surface area contributed by atoms with Crippen molar-refractivity contribution >= 4 is 5.91 Å². The second kappa shape index (κ2) is 4.79. The molecule has 1 heterocycles. The molecule has 2 N–H and O–H groups in total. The Morgan fingerprint density at radius 3 is 2.59 bits per heavy atom. The van der Waals surface area contributed by atoms with Gasteiger partial charge in [-0.15, -0.1) is 0 Å². The maximum Gasteiger partial charge on any atom is 0.259 e. The highest BCUT2D eigenvalue weighted by Gasteiger charge is 2.29. The van der Waals surface area contributed by atoms with E-state index in [1.165, 1.54) is 11.0 Å². The normalized spacial score (nSPS) is 19.7. The molecule has 0 unspecified atom stereocenters. The number of carbonyl (C=O) groups excluding carboxylic acids is 1. The van der Waals surface area contributed by atoms with E-state index in [1.54, 1.807) is 0 Å². The number of benzene rings is 1. The third-order valence-corrected chi connectivity index (χ3v) is 3.08. The lowest BCUT2D eigenvalue weighted by molar-refractivity contribution is 0.0778. The number of carbonyl (C=O) groups is 1. The summed E-state index contributed by atoms with van der Waals surface area (Å²) in [6.07, 6.45) is 0.790. The van der Waals surface area contributed by atoms with Crippen molar-refractivity contribution in [1.82, 2.24) is 4.90 Å². The highest BCUT2D eigenvalue weighted by Crippen LogP contribution is 2.20. The highest BCUT2D eigenvalue weighted by atomic mass is 19.1. The van der Waals surface area contributed by atoms with Gasteiger partial charge in [-0.05, 0) is 31.0 Å². The van der Waals surface area contributed by atoms with E-state index in [4.69, 9.17) is 5.73 Å². The minimum Gasteiger partial charge on any atom is -0.338 e. The minimum absolute atomic E-state index is 0.230. The molecule has 0 aliphatic carbocycles. The van der Waals surface area contributed by atoms with Crippen LogP contribution in [0.3, 0.4) is 0 Å². The predicted molar refractivity (Wildman–Crippen MR) is 59.4 cm³/mol. The second-order valence-corrected chi connectivity index (χ2v) is 4.24. The van der Waals surface area contributed by atoms with Gasteiger partial charge in [-0.2, -0.15) is 0 Å². The van der Waals surface area contributed by atoms with Gasteiger partial charge in [-0.1, -0.05) is 6.07 Å². The number of nitrogens with zero attached hydrogens (tertiary/aromatic N) is 1. The molecule has 1 aromatic rings. The Morgan fingerprint density at radius 1 is 1.41 bits per heavy atom. The molecule has 5 heteroatoms. The van der Waals surface area contributed by atoms with Crippen LogP contribution in [0.5, 0.6) is 0 Å². The number of amides is 1. The monoisotopic (exact) mass is 240 g/mol. The lowest BCUT2D eigenvalue weighted by atomic mass is 10.1. The fourth-order valence-electron chi connectivity index (χ4n) is 2.07. The van der Waals surface area contributed by atoms with Crippen LogP contribution in [0.2, 0.25) is 0 Å². The Labute approximate surface area is 98.2 Å². The van der Waals surface area contributed by atoms with Gasteiger partial charge in [0, 0.05) is 13.1 Å². The quantitative estimate of drug-likeness (QED) is 0.849. The molecule has 3 nitrogen and oxygen atoms in total. The third-order valence-electron chi connectivity index (χ3n) is 3.08. The van der Waals surface area contributed by atoms with E-state index >= 15 is 0 Å². The molecule has 1 aromatic carbocycles. The number of hydrogen-bond acceptors (Lipinski definition) is 2. The molecule has 1 atom stereocenters. The van der Waals surface area contributed by atoms with E-state index < -0.39 is 23.1 Å². The van der Waals surface area contributed by atoms with Crippen molar-refractivity contribution in [1.29, 1.82) is 0 Å². The molecule has 0 radical (unpaired) electrons. The topological polar surface area (TPSA) is 46.3 Å². The first kappa shape index (κ1) is 12.0. The molecule has 1 amide bonds. The Morgan fingerprint density at radius 2 is 2.06 bits per heavy atom. The molecule has 0 spiro atoms. The smallest absolute Gasteiger partial charge is 0.259 e. The van der Waals surface area contributed by atoms with E-state index in [1.807, 2.05) is 0 Å². The van der Waals surface area contributed by atoms with E-state index in [-0.39, 0.29) is 5.92 Å². The highest BCUT2D eigenvalue weighted by molar-refractivity contribution is 5.94. The summed E-state index contributed by atoms with van der Waals surface area (Å²) in [5, 5.41) is 0. The fourth-order valence-corrected chi connectivity index (χ4v) is 2.07.